The van der Waals surface area contributed by atoms with E-state index in [-0.39, 0.29) is 89.4 Å². The quantitative estimate of drug-likeness (QED) is 0.0410. The van der Waals surface area contributed by atoms with Gasteiger partial charge in [0.05, 0.1) is 36.8 Å². The number of nitrogens with zero attached hydrogens (tertiary/aromatic N) is 3. The standard InChI is InChI=1S/C62H87N5O7S2/c1-35(69)66-57(63)65-31-38-28-61(33-68)43-25-45(62(61,74)46-27-47(70)44-26-48(71)49(72)30-59(44,4)53(38)46)50(18-17-36-12-6-5-7-13-36)76-75-32-39(67-23-22-64-34-67)29-58(2,3)55-41-16-11-21-60(19-8-9-20-60)54(41)40-15-10-14-37-24-42(43)56(73)52(55)51(37)40/h5-7,12-13,22-23,27,34-35,37-39,42-45,48-50,52-54,56,68-69,71-74H,8-11,14-21,24-26,28-33H2,1-4H3,(H3,63,65,66)/t35-,37-,38+,39+,42-,43+,44-,45+,48+,49-,50+,52+,53-,54+,56-,59-,61-,62+/m0/s1. The SMILES string of the molecule is C[C@H](O)NC(N)=NC[C@H]1C[C@]2(CO)[C@@H]3C[C@H]([C@@H](CCc4ccccc4)SSC[C@H](n4ccnc4)CC(C)(C)C4=C5CCCC6(CCCC6)[C@@H]5C5=C6[C@@H](CCC5)C[C@@H]3[C@H](O)[C@H]64)[C@@]2(O)C2=CC(=O)[C@@H]3C[C@@H](O)[C@@H](O)C[C@]3(C)[C@H]21. The minimum Gasteiger partial charge on any atom is -0.396 e. The number of hydrogen-bond donors (Lipinski definition) is 8. The van der Waals surface area contributed by atoms with Crippen LogP contribution >= 0.6 is 21.6 Å². The maximum Gasteiger partial charge on any atom is 0.190 e. The molecule has 76 heavy (non-hydrogen) atoms. The Bertz CT molecular complexity index is 2630. The fraction of sp³-hybridized carbons (Fsp3) is 0.726. The van der Waals surface area contributed by atoms with Gasteiger partial charge in [-0.15, -0.1) is 0 Å². The fourth-order valence-corrected chi connectivity index (χ4v) is 23.4. The van der Waals surface area contributed by atoms with Gasteiger partial charge in [0.15, 0.2) is 11.7 Å². The average molecular weight is 1080 g/mol. The van der Waals surface area contributed by atoms with Gasteiger partial charge in [-0.1, -0.05) is 108 Å². The van der Waals surface area contributed by atoms with Crippen molar-refractivity contribution in [2.75, 3.05) is 18.9 Å². The molecule has 7 fully saturated rings. The lowest BCUT2D eigenvalue weighted by Crippen LogP contribution is -2.67. The van der Waals surface area contributed by atoms with Crippen molar-refractivity contribution < 1.29 is 35.4 Å². The topological polar surface area (TPSA) is 207 Å². The number of allylic oxidation sites excluding steroid dienone is 3. The molecule has 2 aromatic rings. The van der Waals surface area contributed by atoms with Gasteiger partial charge in [0.25, 0.3) is 0 Å². The zero-order valence-corrected chi connectivity index (χ0v) is 47.2. The van der Waals surface area contributed by atoms with E-state index < -0.39 is 58.7 Å². The second kappa shape index (κ2) is 20.2. The van der Waals surface area contributed by atoms with Gasteiger partial charge < -0.3 is 46.3 Å². The summed E-state index contributed by atoms with van der Waals surface area (Å²) < 4.78 is 2.32. The zero-order valence-electron chi connectivity index (χ0n) is 45.5. The molecule has 9 aliphatic carbocycles. The van der Waals surface area contributed by atoms with Gasteiger partial charge in [0.2, 0.25) is 0 Å². The maximum atomic E-state index is 15.1. The van der Waals surface area contributed by atoms with Crippen molar-refractivity contribution in [3.8, 4) is 0 Å². The Balaban J connectivity index is 1.08. The van der Waals surface area contributed by atoms with E-state index in [0.717, 1.165) is 57.1 Å². The highest BCUT2D eigenvalue weighted by atomic mass is 33.1. The molecular formula is C62H87N5O7S2. The van der Waals surface area contributed by atoms with Crippen LogP contribution in [-0.2, 0) is 11.2 Å². The number of benzene rings is 1. The van der Waals surface area contributed by atoms with Crippen LogP contribution in [0.25, 0.3) is 0 Å². The summed E-state index contributed by atoms with van der Waals surface area (Å²) in [5.74, 6) is -1.10. The molecule has 18 atom stereocenters. The summed E-state index contributed by atoms with van der Waals surface area (Å²) in [4.78, 5) is 24.7. The maximum absolute atomic E-state index is 15.1. The minimum absolute atomic E-state index is 0.0814. The number of nitrogens with one attached hydrogen (secondary N) is 1. The number of rotatable bonds is 8. The van der Waals surface area contributed by atoms with Crippen molar-refractivity contribution in [1.82, 2.24) is 14.9 Å². The monoisotopic (exact) mass is 1080 g/mol. The first-order valence-corrected chi connectivity index (χ1v) is 32.0. The van der Waals surface area contributed by atoms with Crippen LogP contribution in [0.15, 0.2) is 88.0 Å². The summed E-state index contributed by atoms with van der Waals surface area (Å²) in [6.45, 7) is 8.50. The van der Waals surface area contributed by atoms with Gasteiger partial charge in [-0.2, -0.15) is 0 Å². The lowest BCUT2D eigenvalue weighted by molar-refractivity contribution is -0.186. The van der Waals surface area contributed by atoms with E-state index >= 15 is 9.90 Å². The number of nitrogens with two attached hydrogens (primary N) is 1. The average Bonchev–Trinajstić information content (AvgIpc) is 4.30. The molecule has 0 amide bonds. The Morgan fingerprint density at radius 3 is 2.46 bits per heavy atom. The number of carbonyl (C=O) groups is 1. The number of aliphatic hydroxyl groups is 6. The Morgan fingerprint density at radius 2 is 1.72 bits per heavy atom. The van der Waals surface area contributed by atoms with Crippen LogP contribution in [0.5, 0.6) is 0 Å². The molecule has 6 saturated carbocycles. The van der Waals surface area contributed by atoms with Crippen LogP contribution in [0, 0.1) is 74.9 Å². The van der Waals surface area contributed by atoms with E-state index in [9.17, 15) is 25.5 Å². The van der Waals surface area contributed by atoms with E-state index in [4.69, 9.17) is 10.7 Å². The molecule has 1 aliphatic heterocycles. The van der Waals surface area contributed by atoms with Crippen molar-refractivity contribution in [3.05, 3.63) is 88.6 Å². The van der Waals surface area contributed by atoms with Crippen molar-refractivity contribution in [2.45, 2.75) is 185 Å². The lowest BCUT2D eigenvalue weighted by Gasteiger charge is -2.64. The van der Waals surface area contributed by atoms with Gasteiger partial charge in [-0.25, -0.2) is 4.98 Å². The predicted octanol–water partition coefficient (Wildman–Crippen LogP) is 8.87. The molecule has 14 heteroatoms. The van der Waals surface area contributed by atoms with E-state index in [1.807, 2.05) is 40.2 Å². The van der Waals surface area contributed by atoms with Gasteiger partial charge in [0, 0.05) is 65.1 Å². The van der Waals surface area contributed by atoms with Crippen molar-refractivity contribution in [3.63, 3.8) is 0 Å². The summed E-state index contributed by atoms with van der Waals surface area (Å²) in [6.07, 6.45) is 20.4. The van der Waals surface area contributed by atoms with E-state index in [1.54, 1.807) is 29.7 Å². The third-order valence-electron chi connectivity index (χ3n) is 22.8. The molecule has 12 nitrogen and oxygen atoms in total. The number of fused-ring (bicyclic) bond motifs is 14. The second-order valence-corrected chi connectivity index (χ2v) is 29.7. The summed E-state index contributed by atoms with van der Waals surface area (Å²) >= 11 is 0. The highest BCUT2D eigenvalue weighted by molar-refractivity contribution is 8.76. The van der Waals surface area contributed by atoms with Crippen LogP contribution in [0.1, 0.15) is 148 Å². The van der Waals surface area contributed by atoms with Crippen LogP contribution in [-0.4, -0.2) is 106 Å². The molecule has 2 heterocycles. The molecule has 0 radical (unpaired) electrons. The Morgan fingerprint density at radius 1 is 0.961 bits per heavy atom. The molecule has 1 aromatic heterocycles. The summed E-state index contributed by atoms with van der Waals surface area (Å²) in [7, 11) is 3.75. The number of imidazole rings is 1. The molecule has 1 aromatic carbocycles. The number of guanidine groups is 1. The van der Waals surface area contributed by atoms with Gasteiger partial charge in [0.1, 0.15) is 6.23 Å². The van der Waals surface area contributed by atoms with Gasteiger partial charge in [-0.3, -0.25) is 9.79 Å². The molecule has 9 N–H and O–H groups in total. The Kier molecular flexibility index (Phi) is 14.3. The number of ketones is 1. The first kappa shape index (κ1) is 53.7. The minimum atomic E-state index is -1.69. The summed E-state index contributed by atoms with van der Waals surface area (Å²) in [5, 5.41) is 78.1. The smallest absolute Gasteiger partial charge is 0.190 e. The highest BCUT2D eigenvalue weighted by Gasteiger charge is 2.75. The molecular weight excluding hydrogens is 991 g/mol. The van der Waals surface area contributed by atoms with E-state index in [2.05, 4.69) is 66.1 Å². The Hall–Kier alpha value is -2.95. The molecule has 1 spiro atoms. The summed E-state index contributed by atoms with van der Waals surface area (Å²) in [5.41, 5.74) is 11.0. The van der Waals surface area contributed by atoms with E-state index in [1.165, 1.54) is 49.7 Å². The molecule has 0 unspecified atom stereocenters. The lowest BCUT2D eigenvalue weighted by atomic mass is 9.41. The molecule has 414 valence electrons. The highest BCUT2D eigenvalue weighted by Crippen LogP contribution is 2.75. The third-order valence-corrected chi connectivity index (χ3v) is 25.8. The number of hydrogen-bond acceptors (Lipinski definition) is 11. The largest absolute Gasteiger partial charge is 0.396 e. The predicted molar refractivity (Wildman–Crippen MR) is 300 cm³/mol. The van der Waals surface area contributed by atoms with Crippen LogP contribution in [0.4, 0.5) is 0 Å². The number of aryl methyl sites for hydroxylation is 1. The molecule has 4 bridgehead atoms. The number of carbonyl (C=O) groups excluding carboxylic acids is 1. The van der Waals surface area contributed by atoms with Crippen molar-refractivity contribution >= 4 is 33.3 Å². The van der Waals surface area contributed by atoms with Crippen molar-refractivity contribution in [2.24, 2.45) is 85.6 Å². The van der Waals surface area contributed by atoms with Crippen LogP contribution in [0.2, 0.25) is 0 Å². The first-order chi connectivity index (χ1) is 36.4. The van der Waals surface area contributed by atoms with Crippen LogP contribution in [0.3, 0.4) is 0 Å². The molecule has 12 rings (SSSR count). The van der Waals surface area contributed by atoms with Gasteiger partial charge >= 0.3 is 0 Å². The Labute approximate surface area is 459 Å². The third kappa shape index (κ3) is 8.46. The zero-order chi connectivity index (χ0) is 53.1. The number of aliphatic imine (C=N–C) groups is 1. The second-order valence-electron chi connectivity index (χ2n) is 27.1. The number of aliphatic hydroxyl groups excluding tert-OH is 5. The summed E-state index contributed by atoms with van der Waals surface area (Å²) in [6, 6.07) is 10.7. The van der Waals surface area contributed by atoms with Gasteiger partial charge in [-0.05, 0) is 173 Å². The molecule has 10 aliphatic rings. The number of aromatic nitrogens is 2. The van der Waals surface area contributed by atoms with E-state index in [0.29, 0.717) is 24.3 Å². The first-order valence-electron chi connectivity index (χ1n) is 29.6. The van der Waals surface area contributed by atoms with Crippen molar-refractivity contribution in [1.29, 1.82) is 0 Å². The fourth-order valence-electron chi connectivity index (χ4n) is 20.2. The normalized spacial score (nSPS) is 43.1. The molecule has 1 saturated heterocycles. The van der Waals surface area contributed by atoms with Crippen LogP contribution < -0.4 is 11.1 Å².